The smallest absolute Gasteiger partial charge is 0.407 e. The van der Waals surface area contributed by atoms with Crippen molar-refractivity contribution in [3.63, 3.8) is 0 Å². The Balaban J connectivity index is 1.51. The SMILES string of the molecule is CC(=O)NC(CCOC(=O)C[C@H](Cc1ccccc1)NC(=O)OCc1cncs1)Cc1ccccc1. The molecular weight excluding hydrogens is 478 g/mol. The normalized spacial score (nSPS) is 12.2. The van der Waals surface area contributed by atoms with Gasteiger partial charge >= 0.3 is 12.1 Å². The molecule has 0 aliphatic heterocycles. The van der Waals surface area contributed by atoms with Gasteiger partial charge in [0.15, 0.2) is 0 Å². The molecule has 2 N–H and O–H groups in total. The van der Waals surface area contributed by atoms with E-state index in [1.54, 1.807) is 11.7 Å². The highest BCUT2D eigenvalue weighted by molar-refractivity contribution is 7.09. The average molecular weight is 510 g/mol. The maximum Gasteiger partial charge on any atom is 0.407 e. The Kier molecular flexibility index (Phi) is 10.9. The van der Waals surface area contributed by atoms with Crippen molar-refractivity contribution < 1.29 is 23.9 Å². The van der Waals surface area contributed by atoms with Crippen LogP contribution in [0.1, 0.15) is 35.8 Å². The van der Waals surface area contributed by atoms with Crippen LogP contribution in [0, 0.1) is 0 Å². The molecule has 0 saturated carbocycles. The molecule has 0 radical (unpaired) electrons. The first-order valence-corrected chi connectivity index (χ1v) is 12.7. The van der Waals surface area contributed by atoms with Crippen LogP contribution in [-0.2, 0) is 38.5 Å². The van der Waals surface area contributed by atoms with Gasteiger partial charge in [-0.2, -0.15) is 0 Å². The lowest BCUT2D eigenvalue weighted by Crippen LogP contribution is -2.39. The number of hydrogen-bond acceptors (Lipinski definition) is 7. The van der Waals surface area contributed by atoms with Gasteiger partial charge in [0.25, 0.3) is 0 Å². The van der Waals surface area contributed by atoms with E-state index in [9.17, 15) is 14.4 Å². The summed E-state index contributed by atoms with van der Waals surface area (Å²) in [6.07, 6.45) is 2.60. The predicted molar refractivity (Wildman–Crippen MR) is 137 cm³/mol. The van der Waals surface area contributed by atoms with Crippen molar-refractivity contribution in [2.45, 2.75) is 51.3 Å². The molecule has 1 unspecified atom stereocenters. The number of carbonyl (C=O) groups is 3. The van der Waals surface area contributed by atoms with Gasteiger partial charge in [-0.25, -0.2) is 4.79 Å². The Labute approximate surface area is 215 Å². The van der Waals surface area contributed by atoms with Crippen molar-refractivity contribution in [3.05, 3.63) is 88.4 Å². The van der Waals surface area contributed by atoms with E-state index in [1.807, 2.05) is 60.7 Å². The van der Waals surface area contributed by atoms with Crippen molar-refractivity contribution >= 4 is 29.3 Å². The zero-order valence-electron chi connectivity index (χ0n) is 20.2. The molecule has 0 saturated heterocycles. The first kappa shape index (κ1) is 26.9. The van der Waals surface area contributed by atoms with Crippen LogP contribution in [0.25, 0.3) is 0 Å². The van der Waals surface area contributed by atoms with E-state index in [0.717, 1.165) is 16.0 Å². The van der Waals surface area contributed by atoms with E-state index in [4.69, 9.17) is 9.47 Å². The second kappa shape index (κ2) is 14.6. The van der Waals surface area contributed by atoms with Crippen molar-refractivity contribution in [2.24, 2.45) is 0 Å². The van der Waals surface area contributed by atoms with Crippen LogP contribution < -0.4 is 10.6 Å². The third kappa shape index (κ3) is 10.3. The van der Waals surface area contributed by atoms with E-state index in [1.165, 1.54) is 18.3 Å². The summed E-state index contributed by atoms with van der Waals surface area (Å²) >= 11 is 1.40. The number of carbonyl (C=O) groups excluding carboxylic acids is 3. The van der Waals surface area contributed by atoms with Crippen LogP contribution >= 0.6 is 11.3 Å². The molecule has 0 spiro atoms. The average Bonchev–Trinajstić information content (AvgIpc) is 3.37. The Hall–Kier alpha value is -3.72. The molecule has 1 aromatic heterocycles. The fourth-order valence-electron chi connectivity index (χ4n) is 3.72. The summed E-state index contributed by atoms with van der Waals surface area (Å²) < 4.78 is 10.7. The number of thiazole rings is 1. The van der Waals surface area contributed by atoms with Crippen molar-refractivity contribution in [3.8, 4) is 0 Å². The molecule has 2 amide bonds. The number of ether oxygens (including phenoxy) is 2. The van der Waals surface area contributed by atoms with Gasteiger partial charge in [-0.05, 0) is 24.0 Å². The first-order valence-electron chi connectivity index (χ1n) is 11.8. The second-order valence-corrected chi connectivity index (χ2v) is 9.35. The molecule has 8 nitrogen and oxygen atoms in total. The van der Waals surface area contributed by atoms with E-state index in [-0.39, 0.29) is 31.6 Å². The minimum Gasteiger partial charge on any atom is -0.466 e. The summed E-state index contributed by atoms with van der Waals surface area (Å²) in [6.45, 7) is 1.74. The lowest BCUT2D eigenvalue weighted by Gasteiger charge is -2.20. The number of nitrogens with zero attached hydrogens (tertiary/aromatic N) is 1. The van der Waals surface area contributed by atoms with E-state index in [0.29, 0.717) is 19.3 Å². The standard InChI is InChI=1S/C27H31N3O5S/c1-20(31)29-23(14-21-8-4-2-5-9-21)12-13-34-26(32)16-24(15-22-10-6-3-7-11-22)30-27(33)35-18-25-17-28-19-36-25/h2-11,17,19,23-24H,12-16,18H2,1H3,(H,29,31)(H,30,33)/t23?,24-/m0/s1. The van der Waals surface area contributed by atoms with Crippen molar-refractivity contribution in [2.75, 3.05) is 6.61 Å². The van der Waals surface area contributed by atoms with E-state index >= 15 is 0 Å². The minimum absolute atomic E-state index is 0.00591. The van der Waals surface area contributed by atoms with Gasteiger partial charge in [0.05, 0.1) is 23.4 Å². The summed E-state index contributed by atoms with van der Waals surface area (Å²) in [7, 11) is 0. The van der Waals surface area contributed by atoms with Crippen LogP contribution in [0.4, 0.5) is 4.79 Å². The highest BCUT2D eigenvalue weighted by Crippen LogP contribution is 2.11. The Morgan fingerprint density at radius 1 is 0.889 bits per heavy atom. The van der Waals surface area contributed by atoms with Gasteiger partial charge in [-0.1, -0.05) is 60.7 Å². The van der Waals surface area contributed by atoms with Crippen LogP contribution in [0.5, 0.6) is 0 Å². The van der Waals surface area contributed by atoms with Crippen LogP contribution in [0.15, 0.2) is 72.4 Å². The fraction of sp³-hybridized carbons (Fsp3) is 0.333. The molecule has 0 fully saturated rings. The van der Waals surface area contributed by atoms with Gasteiger partial charge in [0.2, 0.25) is 5.91 Å². The van der Waals surface area contributed by atoms with Crippen LogP contribution in [0.3, 0.4) is 0 Å². The van der Waals surface area contributed by atoms with Gasteiger partial charge < -0.3 is 20.1 Å². The van der Waals surface area contributed by atoms with Crippen molar-refractivity contribution in [1.82, 2.24) is 15.6 Å². The highest BCUT2D eigenvalue weighted by atomic mass is 32.1. The summed E-state index contributed by atoms with van der Waals surface area (Å²) in [4.78, 5) is 41.4. The molecule has 2 atom stereocenters. The van der Waals surface area contributed by atoms with Crippen molar-refractivity contribution in [1.29, 1.82) is 0 Å². The highest BCUT2D eigenvalue weighted by Gasteiger charge is 2.20. The Morgan fingerprint density at radius 2 is 1.53 bits per heavy atom. The number of amides is 2. The summed E-state index contributed by atoms with van der Waals surface area (Å²) in [5.41, 5.74) is 3.74. The van der Waals surface area contributed by atoms with Gasteiger partial charge in [-0.3, -0.25) is 14.6 Å². The third-order valence-corrected chi connectivity index (χ3v) is 6.10. The molecular formula is C27H31N3O5S. The molecule has 190 valence electrons. The maximum atomic E-state index is 12.6. The second-order valence-electron chi connectivity index (χ2n) is 8.38. The fourth-order valence-corrected chi connectivity index (χ4v) is 4.22. The Morgan fingerprint density at radius 3 is 2.11 bits per heavy atom. The van der Waals surface area contributed by atoms with Gasteiger partial charge in [-0.15, -0.1) is 11.3 Å². The number of benzene rings is 2. The molecule has 0 aliphatic carbocycles. The number of esters is 1. The minimum atomic E-state index is -0.606. The topological polar surface area (TPSA) is 107 Å². The lowest BCUT2D eigenvalue weighted by molar-refractivity contribution is -0.144. The largest absolute Gasteiger partial charge is 0.466 e. The summed E-state index contributed by atoms with van der Waals surface area (Å²) in [6, 6.07) is 18.8. The maximum absolute atomic E-state index is 12.6. The zero-order valence-corrected chi connectivity index (χ0v) is 21.0. The molecule has 9 heteroatoms. The van der Waals surface area contributed by atoms with Crippen LogP contribution in [0.2, 0.25) is 0 Å². The summed E-state index contributed by atoms with van der Waals surface area (Å²) in [5, 5.41) is 5.70. The molecule has 0 bridgehead atoms. The molecule has 36 heavy (non-hydrogen) atoms. The third-order valence-electron chi connectivity index (χ3n) is 5.35. The van der Waals surface area contributed by atoms with Crippen LogP contribution in [-0.4, -0.2) is 41.6 Å². The Bertz CT molecular complexity index is 1080. The molecule has 0 aliphatic rings. The molecule has 3 rings (SSSR count). The van der Waals surface area contributed by atoms with Gasteiger partial charge in [0.1, 0.15) is 6.61 Å². The number of rotatable bonds is 13. The number of aromatic nitrogens is 1. The zero-order chi connectivity index (χ0) is 25.6. The van der Waals surface area contributed by atoms with Gasteiger partial charge in [0, 0.05) is 31.6 Å². The lowest BCUT2D eigenvalue weighted by atomic mass is 10.0. The monoisotopic (exact) mass is 509 g/mol. The first-order chi connectivity index (χ1) is 17.5. The summed E-state index contributed by atoms with van der Waals surface area (Å²) in [5.74, 6) is -0.564. The number of hydrogen-bond donors (Lipinski definition) is 2. The number of nitrogens with one attached hydrogen (secondary N) is 2. The van der Waals surface area contributed by atoms with E-state index < -0.39 is 18.1 Å². The molecule has 2 aromatic carbocycles. The molecule has 1 heterocycles. The predicted octanol–water partition coefficient (Wildman–Crippen LogP) is 4.05. The molecule has 3 aromatic rings. The van der Waals surface area contributed by atoms with E-state index in [2.05, 4.69) is 15.6 Å². The number of alkyl carbamates (subject to hydrolysis) is 1. The quantitative estimate of drug-likeness (QED) is 0.337.